The summed E-state index contributed by atoms with van der Waals surface area (Å²) in [5, 5.41) is 9.03. The Morgan fingerprint density at radius 2 is 2.42 bits per heavy atom. The molecule has 1 aromatic heterocycles. The minimum Gasteiger partial charge on any atom is -0.466 e. The lowest BCUT2D eigenvalue weighted by Gasteiger charge is -2.07. The van der Waals surface area contributed by atoms with Gasteiger partial charge in [0, 0.05) is 25.1 Å². The summed E-state index contributed by atoms with van der Waals surface area (Å²) in [7, 11) is 1.35. The number of aliphatic hydroxyl groups excluding tert-OH is 1. The molecule has 0 aliphatic heterocycles. The number of ether oxygens (including phenoxy) is 1. The van der Waals surface area contributed by atoms with Crippen molar-refractivity contribution < 1.29 is 14.6 Å². The normalized spacial score (nSPS) is 12.9. The number of carbonyl (C=O) groups excluding carboxylic acids is 1. The van der Waals surface area contributed by atoms with Crippen LogP contribution in [0.2, 0.25) is 0 Å². The Kier molecular flexibility index (Phi) is 7.20. The highest BCUT2D eigenvalue weighted by Gasteiger charge is 2.02. The van der Waals surface area contributed by atoms with E-state index in [0.717, 1.165) is 5.56 Å². The highest BCUT2D eigenvalue weighted by Crippen LogP contribution is 2.13. The van der Waals surface area contributed by atoms with E-state index in [-0.39, 0.29) is 18.5 Å². The molecule has 0 fully saturated rings. The van der Waals surface area contributed by atoms with Crippen molar-refractivity contribution in [1.29, 1.82) is 0 Å². The van der Waals surface area contributed by atoms with Crippen LogP contribution in [0, 0.1) is 5.92 Å². The van der Waals surface area contributed by atoms with Crippen LogP contribution in [0.25, 0.3) is 6.08 Å². The zero-order chi connectivity index (χ0) is 13.9. The molecule has 0 bridgehead atoms. The van der Waals surface area contributed by atoms with Crippen molar-refractivity contribution in [3.05, 3.63) is 48.3 Å². The van der Waals surface area contributed by atoms with Gasteiger partial charge in [-0.2, -0.15) is 0 Å². The van der Waals surface area contributed by atoms with Crippen molar-refractivity contribution in [2.24, 2.45) is 5.92 Å². The third-order valence-corrected chi connectivity index (χ3v) is 2.64. The lowest BCUT2D eigenvalue weighted by atomic mass is 10.00. The molecule has 4 heteroatoms. The number of aliphatic hydroxyl groups is 1. The van der Waals surface area contributed by atoms with E-state index in [9.17, 15) is 4.79 Å². The maximum atomic E-state index is 10.9. The second-order valence-electron chi connectivity index (χ2n) is 4.08. The first-order chi connectivity index (χ1) is 9.26. The molecule has 0 aliphatic rings. The van der Waals surface area contributed by atoms with Gasteiger partial charge in [-0.3, -0.25) is 4.98 Å². The fourth-order valence-electron chi connectivity index (χ4n) is 1.59. The number of hydrogen-bond donors (Lipinski definition) is 1. The number of aromatic nitrogens is 1. The number of methoxy groups -OCH3 is 1. The maximum Gasteiger partial charge on any atom is 0.330 e. The first-order valence-electron chi connectivity index (χ1n) is 6.20. The number of allylic oxidation sites excluding steroid dienone is 2. The van der Waals surface area contributed by atoms with Gasteiger partial charge in [0.2, 0.25) is 0 Å². The number of pyridine rings is 1. The van der Waals surface area contributed by atoms with E-state index in [1.165, 1.54) is 13.2 Å². The van der Waals surface area contributed by atoms with E-state index in [0.29, 0.717) is 12.8 Å². The van der Waals surface area contributed by atoms with Gasteiger partial charge >= 0.3 is 5.97 Å². The third-order valence-electron chi connectivity index (χ3n) is 2.64. The molecule has 19 heavy (non-hydrogen) atoms. The van der Waals surface area contributed by atoms with Crippen LogP contribution in [0.5, 0.6) is 0 Å². The van der Waals surface area contributed by atoms with Gasteiger partial charge in [-0.1, -0.05) is 24.3 Å². The smallest absolute Gasteiger partial charge is 0.330 e. The van der Waals surface area contributed by atoms with Crippen LogP contribution in [0.15, 0.2) is 42.8 Å². The van der Waals surface area contributed by atoms with Crippen molar-refractivity contribution in [2.45, 2.75) is 12.8 Å². The fourth-order valence-corrected chi connectivity index (χ4v) is 1.59. The quantitative estimate of drug-likeness (QED) is 0.604. The van der Waals surface area contributed by atoms with Crippen LogP contribution in [0.1, 0.15) is 18.4 Å². The van der Waals surface area contributed by atoms with E-state index in [1.54, 1.807) is 18.5 Å². The molecule has 0 amide bonds. The van der Waals surface area contributed by atoms with Crippen molar-refractivity contribution in [2.75, 3.05) is 13.7 Å². The summed E-state index contributed by atoms with van der Waals surface area (Å²) < 4.78 is 4.52. The SMILES string of the molecule is COC(=O)C=CCC(C=Cc1cccnc1)CCO. The summed E-state index contributed by atoms with van der Waals surface area (Å²) in [4.78, 5) is 15.0. The van der Waals surface area contributed by atoms with Gasteiger partial charge in [-0.05, 0) is 30.4 Å². The number of carbonyl (C=O) groups is 1. The summed E-state index contributed by atoms with van der Waals surface area (Å²) in [6.07, 6.45) is 12.0. The summed E-state index contributed by atoms with van der Waals surface area (Å²) in [6, 6.07) is 3.83. The summed E-state index contributed by atoms with van der Waals surface area (Å²) in [5.74, 6) is -0.176. The Bertz CT molecular complexity index is 426. The average Bonchev–Trinajstić information content (AvgIpc) is 2.45. The van der Waals surface area contributed by atoms with Gasteiger partial charge in [0.25, 0.3) is 0 Å². The molecule has 0 saturated heterocycles. The molecule has 102 valence electrons. The highest BCUT2D eigenvalue weighted by atomic mass is 16.5. The lowest BCUT2D eigenvalue weighted by molar-refractivity contribution is -0.134. The number of esters is 1. The van der Waals surface area contributed by atoms with Gasteiger partial charge in [0.15, 0.2) is 0 Å². The van der Waals surface area contributed by atoms with E-state index < -0.39 is 0 Å². The van der Waals surface area contributed by atoms with Crippen LogP contribution in [-0.2, 0) is 9.53 Å². The van der Waals surface area contributed by atoms with Crippen LogP contribution in [-0.4, -0.2) is 29.8 Å². The summed E-state index contributed by atoms with van der Waals surface area (Å²) in [6.45, 7) is 0.119. The van der Waals surface area contributed by atoms with Crippen molar-refractivity contribution in [3.63, 3.8) is 0 Å². The molecule has 0 aromatic carbocycles. The predicted octanol–water partition coefficient (Wildman–Crippen LogP) is 2.21. The van der Waals surface area contributed by atoms with E-state index in [2.05, 4.69) is 9.72 Å². The summed E-state index contributed by atoms with van der Waals surface area (Å²) >= 11 is 0. The van der Waals surface area contributed by atoms with Crippen molar-refractivity contribution >= 4 is 12.0 Å². The second kappa shape index (κ2) is 9.05. The molecule has 1 unspecified atom stereocenters. The van der Waals surface area contributed by atoms with Crippen LogP contribution in [0.3, 0.4) is 0 Å². The molecule has 1 rings (SSSR count). The molecule has 1 N–H and O–H groups in total. The molecular weight excluding hydrogens is 242 g/mol. The first-order valence-corrected chi connectivity index (χ1v) is 6.20. The van der Waals surface area contributed by atoms with Crippen molar-refractivity contribution in [1.82, 2.24) is 4.98 Å². The lowest BCUT2D eigenvalue weighted by Crippen LogP contribution is -1.99. The zero-order valence-electron chi connectivity index (χ0n) is 11.0. The van der Waals surface area contributed by atoms with Gasteiger partial charge in [-0.15, -0.1) is 0 Å². The van der Waals surface area contributed by atoms with Crippen LogP contribution < -0.4 is 0 Å². The molecule has 0 spiro atoms. The Labute approximate surface area is 113 Å². The van der Waals surface area contributed by atoms with Gasteiger partial charge < -0.3 is 9.84 Å². The minimum absolute atomic E-state index is 0.119. The topological polar surface area (TPSA) is 59.4 Å². The second-order valence-corrected chi connectivity index (χ2v) is 4.08. The third kappa shape index (κ3) is 6.52. The van der Waals surface area contributed by atoms with Gasteiger partial charge in [0.1, 0.15) is 0 Å². The molecule has 0 saturated carbocycles. The molecule has 0 radical (unpaired) electrons. The monoisotopic (exact) mass is 261 g/mol. The van der Waals surface area contributed by atoms with Crippen molar-refractivity contribution in [3.8, 4) is 0 Å². The van der Waals surface area contributed by atoms with Gasteiger partial charge in [-0.25, -0.2) is 4.79 Å². The first kappa shape index (κ1) is 15.1. The molecule has 0 aliphatic carbocycles. The number of nitrogens with zero attached hydrogens (tertiary/aromatic N) is 1. The predicted molar refractivity (Wildman–Crippen MR) is 74.2 cm³/mol. The van der Waals surface area contributed by atoms with Crippen LogP contribution in [0.4, 0.5) is 0 Å². The largest absolute Gasteiger partial charge is 0.466 e. The molecule has 1 aromatic rings. The fraction of sp³-hybridized carbons (Fsp3) is 0.333. The Morgan fingerprint density at radius 1 is 1.58 bits per heavy atom. The Balaban J connectivity index is 2.55. The Hall–Kier alpha value is -1.94. The maximum absolute atomic E-state index is 10.9. The minimum atomic E-state index is -0.362. The molecular formula is C15H19NO3. The standard InChI is InChI=1S/C15H19NO3/c1-19-15(18)6-2-4-13(9-11-17)7-8-14-5-3-10-16-12-14/h2-3,5-8,10,12-13,17H,4,9,11H2,1H3. The Morgan fingerprint density at radius 3 is 3.05 bits per heavy atom. The average molecular weight is 261 g/mol. The molecule has 1 heterocycles. The van der Waals surface area contributed by atoms with E-state index in [1.807, 2.05) is 24.3 Å². The summed E-state index contributed by atoms with van der Waals surface area (Å²) in [5.41, 5.74) is 1.02. The number of rotatable bonds is 7. The van der Waals surface area contributed by atoms with Crippen LogP contribution >= 0.6 is 0 Å². The molecule has 4 nitrogen and oxygen atoms in total. The zero-order valence-corrected chi connectivity index (χ0v) is 11.0. The van der Waals surface area contributed by atoms with E-state index in [4.69, 9.17) is 5.11 Å². The van der Waals surface area contributed by atoms with E-state index >= 15 is 0 Å². The number of hydrogen-bond acceptors (Lipinski definition) is 4. The molecule has 1 atom stereocenters. The van der Waals surface area contributed by atoms with Gasteiger partial charge in [0.05, 0.1) is 7.11 Å². The highest BCUT2D eigenvalue weighted by molar-refractivity contribution is 5.81.